The highest BCUT2D eigenvalue weighted by Gasteiger charge is 2.48. The number of likely N-dealkylation sites (tertiary alicyclic amines) is 1. The molecule has 1 aliphatic heterocycles. The van der Waals surface area contributed by atoms with E-state index in [2.05, 4.69) is 29.0 Å². The number of nitrogens with zero attached hydrogens (tertiary/aromatic N) is 2. The highest BCUT2D eigenvalue weighted by Crippen LogP contribution is 2.36. The zero-order valence-electron chi connectivity index (χ0n) is 16.4. The van der Waals surface area contributed by atoms with E-state index in [1.165, 1.54) is 0 Å². The average molecular weight is 422 g/mol. The van der Waals surface area contributed by atoms with E-state index < -0.39 is 11.9 Å². The molecule has 0 spiro atoms. The van der Waals surface area contributed by atoms with E-state index in [-0.39, 0.29) is 23.8 Å². The lowest BCUT2D eigenvalue weighted by atomic mass is 9.72. The third-order valence-electron chi connectivity index (χ3n) is 5.97. The maximum absolute atomic E-state index is 12.7. The van der Waals surface area contributed by atoms with Gasteiger partial charge in [-0.3, -0.25) is 19.4 Å². The minimum Gasteiger partial charge on any atom is -0.481 e. The fraction of sp³-hybridized carbons (Fsp3) is 0.895. The number of ketones is 1. The molecule has 27 heavy (non-hydrogen) atoms. The van der Waals surface area contributed by atoms with Crippen molar-refractivity contribution in [1.29, 1.82) is 0 Å². The van der Waals surface area contributed by atoms with E-state index in [0.29, 0.717) is 24.3 Å². The summed E-state index contributed by atoms with van der Waals surface area (Å²) in [5.41, 5.74) is 0. The molecule has 8 heteroatoms. The fourth-order valence-corrected chi connectivity index (χ4v) is 5.00. The summed E-state index contributed by atoms with van der Waals surface area (Å²) in [5.74, 6) is -0.885. The number of halogens is 2. The van der Waals surface area contributed by atoms with Gasteiger partial charge in [-0.1, -0.05) is 0 Å². The van der Waals surface area contributed by atoms with E-state index in [4.69, 9.17) is 23.2 Å². The third kappa shape index (κ3) is 6.04. The van der Waals surface area contributed by atoms with Crippen molar-refractivity contribution < 1.29 is 14.7 Å². The van der Waals surface area contributed by atoms with Crippen LogP contribution in [-0.2, 0) is 9.59 Å². The number of carboxylic acid groups (broad SMARTS) is 1. The van der Waals surface area contributed by atoms with Gasteiger partial charge in [-0.15, -0.1) is 23.2 Å². The van der Waals surface area contributed by atoms with Crippen molar-refractivity contribution in [3.63, 3.8) is 0 Å². The monoisotopic (exact) mass is 421 g/mol. The SMILES string of the molecule is CC(C)N1CC(C(=O)O)C(=O)C2CCC(NCCN(CCCl)CCCl)CC21. The predicted octanol–water partition coefficient (Wildman–Crippen LogP) is 1.89. The third-order valence-corrected chi connectivity index (χ3v) is 6.31. The summed E-state index contributed by atoms with van der Waals surface area (Å²) in [6.07, 6.45) is 2.57. The highest BCUT2D eigenvalue weighted by molar-refractivity contribution is 6.18. The van der Waals surface area contributed by atoms with Crippen LogP contribution in [0.1, 0.15) is 33.1 Å². The molecule has 0 radical (unpaired) electrons. The molecule has 0 aromatic heterocycles. The zero-order chi connectivity index (χ0) is 20.0. The molecule has 4 atom stereocenters. The topological polar surface area (TPSA) is 72.9 Å². The lowest BCUT2D eigenvalue weighted by Gasteiger charge is -2.49. The largest absolute Gasteiger partial charge is 0.481 e. The number of aliphatic carboxylic acids is 1. The normalized spacial score (nSPS) is 29.3. The quantitative estimate of drug-likeness (QED) is 0.414. The van der Waals surface area contributed by atoms with Crippen molar-refractivity contribution in [2.24, 2.45) is 11.8 Å². The average Bonchev–Trinajstić information content (AvgIpc) is 2.61. The summed E-state index contributed by atoms with van der Waals surface area (Å²) in [4.78, 5) is 28.6. The molecule has 1 aliphatic carbocycles. The first-order valence-electron chi connectivity index (χ1n) is 9.99. The van der Waals surface area contributed by atoms with Gasteiger partial charge in [-0.25, -0.2) is 0 Å². The number of fused-ring (bicyclic) bond motifs is 1. The number of carbonyl (C=O) groups excluding carboxylic acids is 1. The molecule has 1 heterocycles. The van der Waals surface area contributed by atoms with Gasteiger partial charge >= 0.3 is 5.97 Å². The van der Waals surface area contributed by atoms with Gasteiger partial charge in [0, 0.05) is 68.5 Å². The second kappa shape index (κ2) is 11.0. The summed E-state index contributed by atoms with van der Waals surface area (Å²) in [5, 5.41) is 13.1. The predicted molar refractivity (Wildman–Crippen MR) is 109 cm³/mol. The molecule has 2 N–H and O–H groups in total. The van der Waals surface area contributed by atoms with Crippen molar-refractivity contribution in [3.8, 4) is 0 Å². The number of nitrogens with one attached hydrogen (secondary N) is 1. The van der Waals surface area contributed by atoms with Crippen LogP contribution in [-0.4, -0.2) is 89.3 Å². The second-order valence-electron chi connectivity index (χ2n) is 7.94. The minimum absolute atomic E-state index is 0.0711. The Labute approximate surface area is 172 Å². The van der Waals surface area contributed by atoms with E-state index >= 15 is 0 Å². The molecule has 2 fully saturated rings. The molecule has 0 aromatic carbocycles. The number of hydrogen-bond acceptors (Lipinski definition) is 5. The number of piperidine rings is 1. The summed E-state index contributed by atoms with van der Waals surface area (Å²) in [7, 11) is 0. The Kier molecular flexibility index (Phi) is 9.29. The first kappa shape index (κ1) is 22.9. The smallest absolute Gasteiger partial charge is 0.315 e. The van der Waals surface area contributed by atoms with Crippen LogP contribution in [0.25, 0.3) is 0 Å². The molecule has 0 bridgehead atoms. The molecular formula is C19H33Cl2N3O3. The van der Waals surface area contributed by atoms with Crippen molar-refractivity contribution in [2.45, 2.75) is 51.2 Å². The van der Waals surface area contributed by atoms with Gasteiger partial charge in [0.15, 0.2) is 5.78 Å². The lowest BCUT2D eigenvalue weighted by molar-refractivity contribution is -0.155. The van der Waals surface area contributed by atoms with Crippen LogP contribution in [0, 0.1) is 11.8 Å². The molecule has 4 unspecified atom stereocenters. The van der Waals surface area contributed by atoms with Crippen LogP contribution >= 0.6 is 23.2 Å². The maximum Gasteiger partial charge on any atom is 0.315 e. The first-order chi connectivity index (χ1) is 12.9. The molecule has 1 saturated carbocycles. The van der Waals surface area contributed by atoms with Crippen LogP contribution in [0.2, 0.25) is 0 Å². The van der Waals surface area contributed by atoms with Crippen LogP contribution < -0.4 is 5.32 Å². The second-order valence-corrected chi connectivity index (χ2v) is 8.70. The Morgan fingerprint density at radius 3 is 2.48 bits per heavy atom. The van der Waals surface area contributed by atoms with Gasteiger partial charge in [-0.2, -0.15) is 0 Å². The van der Waals surface area contributed by atoms with Crippen molar-refractivity contribution in [1.82, 2.24) is 15.1 Å². The maximum atomic E-state index is 12.7. The van der Waals surface area contributed by atoms with Crippen molar-refractivity contribution in [2.75, 3.05) is 44.5 Å². The molecular weight excluding hydrogens is 389 g/mol. The number of carboxylic acids is 1. The number of alkyl halides is 2. The van der Waals surface area contributed by atoms with Gasteiger partial charge in [0.25, 0.3) is 0 Å². The number of Topliss-reactive ketones (excluding diaryl/α,β-unsaturated/α-hetero) is 1. The van der Waals surface area contributed by atoms with Gasteiger partial charge in [-0.05, 0) is 33.1 Å². The zero-order valence-corrected chi connectivity index (χ0v) is 17.9. The highest BCUT2D eigenvalue weighted by atomic mass is 35.5. The number of carbonyl (C=O) groups is 2. The first-order valence-corrected chi connectivity index (χ1v) is 11.1. The lowest BCUT2D eigenvalue weighted by Crippen LogP contribution is -2.61. The molecule has 2 rings (SSSR count). The van der Waals surface area contributed by atoms with Gasteiger partial charge in [0.1, 0.15) is 5.92 Å². The van der Waals surface area contributed by atoms with E-state index in [1.54, 1.807) is 0 Å². The fourth-order valence-electron chi connectivity index (χ4n) is 4.52. The van der Waals surface area contributed by atoms with Crippen LogP contribution in [0.3, 0.4) is 0 Å². The summed E-state index contributed by atoms with van der Waals surface area (Å²) in [6.45, 7) is 7.92. The van der Waals surface area contributed by atoms with Crippen molar-refractivity contribution in [3.05, 3.63) is 0 Å². The van der Waals surface area contributed by atoms with Crippen LogP contribution in [0.15, 0.2) is 0 Å². The van der Waals surface area contributed by atoms with Crippen molar-refractivity contribution >= 4 is 35.0 Å². The van der Waals surface area contributed by atoms with Gasteiger partial charge in [0.2, 0.25) is 0 Å². The molecule has 0 aromatic rings. The van der Waals surface area contributed by atoms with Gasteiger partial charge < -0.3 is 10.4 Å². The molecule has 156 valence electrons. The Morgan fingerprint density at radius 2 is 1.93 bits per heavy atom. The Bertz CT molecular complexity index is 501. The summed E-state index contributed by atoms with van der Waals surface area (Å²) >= 11 is 11.7. The van der Waals surface area contributed by atoms with E-state index in [1.807, 2.05) is 0 Å². The molecule has 2 aliphatic rings. The summed E-state index contributed by atoms with van der Waals surface area (Å²) < 4.78 is 0. The Hall–Kier alpha value is -0.400. The van der Waals surface area contributed by atoms with E-state index in [0.717, 1.165) is 45.4 Å². The Balaban J connectivity index is 1.93. The van der Waals surface area contributed by atoms with E-state index in [9.17, 15) is 14.7 Å². The van der Waals surface area contributed by atoms with Crippen LogP contribution in [0.4, 0.5) is 0 Å². The number of rotatable bonds is 10. The standard InChI is InChI=1S/C19H33Cl2N3O3/c1-13(2)24-12-16(19(26)27)18(25)15-4-3-14(11-17(15)24)22-7-10-23(8-5-20)9-6-21/h13-17,22H,3-12H2,1-2H3,(H,26,27). The Morgan fingerprint density at radius 1 is 1.26 bits per heavy atom. The molecule has 0 amide bonds. The summed E-state index contributed by atoms with van der Waals surface area (Å²) in [6, 6.07) is 0.728. The minimum atomic E-state index is -0.983. The molecule has 1 saturated heterocycles. The van der Waals surface area contributed by atoms with Crippen LogP contribution in [0.5, 0.6) is 0 Å². The number of hydrogen-bond donors (Lipinski definition) is 2. The molecule has 6 nitrogen and oxygen atoms in total. The van der Waals surface area contributed by atoms with Gasteiger partial charge in [0.05, 0.1) is 0 Å².